The Hall–Kier alpha value is -0.530. The molecule has 13 heavy (non-hydrogen) atoms. The number of amides is 1. The van der Waals surface area contributed by atoms with Crippen molar-refractivity contribution in [3.8, 4) is 0 Å². The summed E-state index contributed by atoms with van der Waals surface area (Å²) < 4.78 is 0. The van der Waals surface area contributed by atoms with Gasteiger partial charge in [0.05, 0.1) is 0 Å². The third-order valence-corrected chi connectivity index (χ3v) is 3.98. The Labute approximate surface area is 80.3 Å². The standard InChI is InChI=1S/C11H19NO/c1-7-4-5-9-8(2)6-12(3)11(13)10(7)9/h7-10H,4-6H2,1-3H3/t7-,8+,9+,10+/m0/s1. The Kier molecular flexibility index (Phi) is 2.09. The van der Waals surface area contributed by atoms with E-state index in [9.17, 15) is 4.79 Å². The quantitative estimate of drug-likeness (QED) is 0.557. The van der Waals surface area contributed by atoms with Crippen LogP contribution in [0.3, 0.4) is 0 Å². The van der Waals surface area contributed by atoms with E-state index in [1.165, 1.54) is 12.8 Å². The highest BCUT2D eigenvalue weighted by molar-refractivity contribution is 5.80. The molecule has 1 aliphatic carbocycles. The Bertz CT molecular complexity index is 226. The van der Waals surface area contributed by atoms with Crippen molar-refractivity contribution >= 4 is 5.91 Å². The predicted molar refractivity (Wildman–Crippen MR) is 52.2 cm³/mol. The molecule has 74 valence electrons. The molecule has 0 bridgehead atoms. The minimum absolute atomic E-state index is 0.341. The van der Waals surface area contributed by atoms with Gasteiger partial charge in [0.25, 0.3) is 0 Å². The van der Waals surface area contributed by atoms with Gasteiger partial charge in [-0.25, -0.2) is 0 Å². The monoisotopic (exact) mass is 181 g/mol. The van der Waals surface area contributed by atoms with Crippen LogP contribution in [-0.4, -0.2) is 24.4 Å². The Balaban J connectivity index is 2.22. The summed E-state index contributed by atoms with van der Waals surface area (Å²) in [5.41, 5.74) is 0. The number of fused-ring (bicyclic) bond motifs is 1. The van der Waals surface area contributed by atoms with Crippen molar-refractivity contribution in [2.75, 3.05) is 13.6 Å². The van der Waals surface area contributed by atoms with Gasteiger partial charge in [-0.1, -0.05) is 13.8 Å². The largest absolute Gasteiger partial charge is 0.345 e. The average Bonchev–Trinajstić information content (AvgIpc) is 2.44. The van der Waals surface area contributed by atoms with E-state index in [-0.39, 0.29) is 0 Å². The maximum absolute atomic E-state index is 11.9. The first-order chi connectivity index (χ1) is 6.11. The zero-order valence-corrected chi connectivity index (χ0v) is 8.79. The molecule has 1 heterocycles. The van der Waals surface area contributed by atoms with Gasteiger partial charge in [-0.15, -0.1) is 0 Å². The van der Waals surface area contributed by atoms with Crippen LogP contribution in [0.2, 0.25) is 0 Å². The van der Waals surface area contributed by atoms with E-state index in [4.69, 9.17) is 0 Å². The molecule has 1 saturated heterocycles. The Morgan fingerprint density at radius 1 is 1.23 bits per heavy atom. The molecule has 2 aliphatic rings. The molecule has 0 unspecified atom stereocenters. The fraction of sp³-hybridized carbons (Fsp3) is 0.909. The minimum atomic E-state index is 0.341. The highest BCUT2D eigenvalue weighted by Crippen LogP contribution is 2.44. The molecule has 4 atom stereocenters. The summed E-state index contributed by atoms with van der Waals surface area (Å²) in [7, 11) is 1.94. The maximum atomic E-state index is 11.9. The molecule has 0 radical (unpaired) electrons. The molecule has 0 aromatic rings. The molecule has 2 rings (SSSR count). The third-order valence-electron chi connectivity index (χ3n) is 3.98. The third kappa shape index (κ3) is 1.27. The molecule has 2 fully saturated rings. The van der Waals surface area contributed by atoms with Gasteiger partial charge in [-0.2, -0.15) is 0 Å². The van der Waals surface area contributed by atoms with Gasteiger partial charge < -0.3 is 4.90 Å². The summed E-state index contributed by atoms with van der Waals surface area (Å²) >= 11 is 0. The van der Waals surface area contributed by atoms with E-state index in [1.54, 1.807) is 0 Å². The normalized spacial score (nSPS) is 45.2. The van der Waals surface area contributed by atoms with E-state index >= 15 is 0 Å². The molecule has 2 heteroatoms. The van der Waals surface area contributed by atoms with Crippen molar-refractivity contribution in [3.05, 3.63) is 0 Å². The number of likely N-dealkylation sites (tertiary alicyclic amines) is 1. The summed E-state index contributed by atoms with van der Waals surface area (Å²) in [5.74, 6) is 2.74. The molecule has 0 aromatic heterocycles. The second-order valence-electron chi connectivity index (χ2n) is 4.94. The molecule has 2 nitrogen and oxygen atoms in total. The number of rotatable bonds is 0. The Morgan fingerprint density at radius 3 is 2.62 bits per heavy atom. The smallest absolute Gasteiger partial charge is 0.225 e. The van der Waals surface area contributed by atoms with Gasteiger partial charge >= 0.3 is 0 Å². The predicted octanol–water partition coefficient (Wildman–Crippen LogP) is 1.76. The number of hydrogen-bond acceptors (Lipinski definition) is 1. The first kappa shape index (κ1) is 9.04. The van der Waals surface area contributed by atoms with Crippen molar-refractivity contribution in [1.29, 1.82) is 0 Å². The highest BCUT2D eigenvalue weighted by Gasteiger charge is 2.45. The van der Waals surface area contributed by atoms with Crippen LogP contribution >= 0.6 is 0 Å². The van der Waals surface area contributed by atoms with Gasteiger partial charge in [0.1, 0.15) is 0 Å². The fourth-order valence-electron chi connectivity index (χ4n) is 3.21. The van der Waals surface area contributed by atoms with Crippen molar-refractivity contribution < 1.29 is 4.79 Å². The van der Waals surface area contributed by atoms with Crippen LogP contribution in [0, 0.1) is 23.7 Å². The topological polar surface area (TPSA) is 20.3 Å². The SMILES string of the molecule is C[C@@H]1CN(C)C(=O)[C@H]2[C@@H]1CC[C@@H]2C. The van der Waals surface area contributed by atoms with E-state index in [2.05, 4.69) is 13.8 Å². The summed E-state index contributed by atoms with van der Waals surface area (Å²) in [4.78, 5) is 13.8. The lowest BCUT2D eigenvalue weighted by Gasteiger charge is -2.38. The van der Waals surface area contributed by atoms with Crippen LogP contribution in [0.1, 0.15) is 26.7 Å². The number of carbonyl (C=O) groups excluding carboxylic acids is 1. The van der Waals surface area contributed by atoms with Crippen LogP contribution in [0.25, 0.3) is 0 Å². The summed E-state index contributed by atoms with van der Waals surface area (Å²) in [5, 5.41) is 0. The van der Waals surface area contributed by atoms with E-state index in [0.717, 1.165) is 6.54 Å². The lowest BCUT2D eigenvalue weighted by Crippen LogP contribution is -2.47. The van der Waals surface area contributed by atoms with Crippen LogP contribution < -0.4 is 0 Å². The average molecular weight is 181 g/mol. The zero-order valence-electron chi connectivity index (χ0n) is 8.79. The Morgan fingerprint density at radius 2 is 1.92 bits per heavy atom. The minimum Gasteiger partial charge on any atom is -0.345 e. The second kappa shape index (κ2) is 3.00. The summed E-state index contributed by atoms with van der Waals surface area (Å²) in [6.07, 6.45) is 2.52. The van der Waals surface area contributed by atoms with E-state index in [0.29, 0.717) is 29.6 Å². The van der Waals surface area contributed by atoms with E-state index in [1.807, 2.05) is 11.9 Å². The number of carbonyl (C=O) groups is 1. The van der Waals surface area contributed by atoms with Crippen LogP contribution in [-0.2, 0) is 4.79 Å². The number of nitrogens with zero attached hydrogens (tertiary/aromatic N) is 1. The van der Waals surface area contributed by atoms with Gasteiger partial charge in [-0.05, 0) is 30.6 Å². The van der Waals surface area contributed by atoms with Gasteiger partial charge in [-0.3, -0.25) is 4.79 Å². The molecule has 1 aliphatic heterocycles. The van der Waals surface area contributed by atoms with Crippen LogP contribution in [0.4, 0.5) is 0 Å². The van der Waals surface area contributed by atoms with Crippen LogP contribution in [0.5, 0.6) is 0 Å². The van der Waals surface area contributed by atoms with Crippen LogP contribution in [0.15, 0.2) is 0 Å². The van der Waals surface area contributed by atoms with Gasteiger partial charge in [0, 0.05) is 19.5 Å². The van der Waals surface area contributed by atoms with Crippen molar-refractivity contribution in [1.82, 2.24) is 4.90 Å². The maximum Gasteiger partial charge on any atom is 0.225 e. The van der Waals surface area contributed by atoms with Gasteiger partial charge in [0.15, 0.2) is 0 Å². The lowest BCUT2D eigenvalue weighted by atomic mass is 9.78. The molecule has 0 aromatic carbocycles. The molecule has 1 amide bonds. The van der Waals surface area contributed by atoms with E-state index < -0.39 is 0 Å². The number of piperidine rings is 1. The first-order valence-electron chi connectivity index (χ1n) is 5.36. The van der Waals surface area contributed by atoms with Crippen molar-refractivity contribution in [3.63, 3.8) is 0 Å². The fourth-order valence-corrected chi connectivity index (χ4v) is 3.21. The van der Waals surface area contributed by atoms with Gasteiger partial charge in [0.2, 0.25) is 5.91 Å². The molecule has 1 saturated carbocycles. The lowest BCUT2D eigenvalue weighted by molar-refractivity contribution is -0.142. The second-order valence-corrected chi connectivity index (χ2v) is 4.94. The summed E-state index contributed by atoms with van der Waals surface area (Å²) in [6, 6.07) is 0. The van der Waals surface area contributed by atoms with Crippen molar-refractivity contribution in [2.45, 2.75) is 26.7 Å². The van der Waals surface area contributed by atoms with Crippen molar-refractivity contribution in [2.24, 2.45) is 23.7 Å². The number of hydrogen-bond donors (Lipinski definition) is 0. The molecule has 0 spiro atoms. The first-order valence-corrected chi connectivity index (χ1v) is 5.36. The molecule has 0 N–H and O–H groups in total. The highest BCUT2D eigenvalue weighted by atomic mass is 16.2. The molecular weight excluding hydrogens is 162 g/mol. The molecular formula is C11H19NO. The zero-order chi connectivity index (χ0) is 9.59. The summed E-state index contributed by atoms with van der Waals surface area (Å²) in [6.45, 7) is 5.49.